The first-order chi connectivity index (χ1) is 7.69. The zero-order valence-corrected chi connectivity index (χ0v) is 11.8. The topological polar surface area (TPSA) is 39.2 Å². The van der Waals surface area contributed by atoms with E-state index < -0.39 is 0 Å². The normalized spacial score (nSPS) is 15.0. The second-order valence-corrected chi connectivity index (χ2v) is 5.13. The molecule has 1 rings (SSSR count). The lowest BCUT2D eigenvalue weighted by Crippen LogP contribution is -2.15. The smallest absolute Gasteiger partial charge is 0.173 e. The molecule has 2 nitrogen and oxygen atoms in total. The molecule has 0 aromatic carbocycles. The van der Waals surface area contributed by atoms with Gasteiger partial charge in [0.05, 0.1) is 6.26 Å². The van der Waals surface area contributed by atoms with Crippen LogP contribution in [0.25, 0.3) is 0 Å². The summed E-state index contributed by atoms with van der Waals surface area (Å²) in [6, 6.07) is 2.05. The molecule has 0 saturated heterocycles. The van der Waals surface area contributed by atoms with E-state index in [1.807, 2.05) is 6.07 Å². The lowest BCUT2D eigenvalue weighted by Gasteiger charge is -2.18. The van der Waals surface area contributed by atoms with E-state index >= 15 is 0 Å². The van der Waals surface area contributed by atoms with Gasteiger partial charge in [-0.2, -0.15) is 0 Å². The van der Waals surface area contributed by atoms with E-state index in [0.717, 1.165) is 22.6 Å². The summed E-state index contributed by atoms with van der Waals surface area (Å²) < 4.78 is 6.00. The van der Waals surface area contributed by atoms with Crippen LogP contribution in [0.1, 0.15) is 57.6 Å². The first-order valence-corrected chi connectivity index (χ1v) is 6.96. The number of unbranched alkanes of at least 4 members (excludes halogenated alkanes) is 1. The lowest BCUT2D eigenvalue weighted by atomic mass is 9.90. The van der Waals surface area contributed by atoms with E-state index in [1.165, 1.54) is 25.7 Å². The summed E-state index contributed by atoms with van der Waals surface area (Å²) in [7, 11) is 0. The lowest BCUT2D eigenvalue weighted by molar-refractivity contribution is 0.386. The Labute approximate surface area is 107 Å². The third-order valence-electron chi connectivity index (χ3n) is 3.18. The zero-order chi connectivity index (χ0) is 12.0. The molecule has 0 aliphatic heterocycles. The highest BCUT2D eigenvalue weighted by molar-refractivity contribution is 9.10. The molecule has 0 aliphatic carbocycles. The third-order valence-corrected chi connectivity index (χ3v) is 3.82. The number of hydrogen-bond donors (Lipinski definition) is 1. The molecule has 0 spiro atoms. The Morgan fingerprint density at radius 2 is 2.19 bits per heavy atom. The Hall–Kier alpha value is -0.280. The van der Waals surface area contributed by atoms with E-state index in [2.05, 4.69) is 29.8 Å². The first kappa shape index (κ1) is 13.8. The molecule has 0 radical (unpaired) electrons. The van der Waals surface area contributed by atoms with Crippen LogP contribution >= 0.6 is 15.9 Å². The summed E-state index contributed by atoms with van der Waals surface area (Å²) in [5, 5.41) is 0. The van der Waals surface area contributed by atoms with Gasteiger partial charge in [0, 0.05) is 11.6 Å². The van der Waals surface area contributed by atoms with Gasteiger partial charge in [0.25, 0.3) is 0 Å². The van der Waals surface area contributed by atoms with Gasteiger partial charge in [0.2, 0.25) is 0 Å². The summed E-state index contributed by atoms with van der Waals surface area (Å²) in [6.07, 6.45) is 7.80. The van der Waals surface area contributed by atoms with Gasteiger partial charge in [-0.05, 0) is 34.3 Å². The molecule has 2 unspecified atom stereocenters. The molecule has 3 heteroatoms. The molecule has 0 saturated carbocycles. The average molecular weight is 288 g/mol. The Morgan fingerprint density at radius 1 is 1.44 bits per heavy atom. The summed E-state index contributed by atoms with van der Waals surface area (Å²) in [5.74, 6) is 0.733. The first-order valence-electron chi connectivity index (χ1n) is 6.17. The third kappa shape index (κ3) is 3.95. The molecule has 1 aromatic heterocycles. The van der Waals surface area contributed by atoms with Gasteiger partial charge in [0.1, 0.15) is 0 Å². The van der Waals surface area contributed by atoms with Crippen molar-refractivity contribution in [2.24, 2.45) is 11.7 Å². The van der Waals surface area contributed by atoms with E-state index in [-0.39, 0.29) is 6.04 Å². The SMILES string of the molecule is CCCCC(CC)CC(N)c1ccoc1Br. The van der Waals surface area contributed by atoms with Crippen molar-refractivity contribution in [1.82, 2.24) is 0 Å². The quantitative estimate of drug-likeness (QED) is 0.793. The number of hydrogen-bond acceptors (Lipinski definition) is 2. The van der Waals surface area contributed by atoms with Crippen molar-refractivity contribution in [3.63, 3.8) is 0 Å². The van der Waals surface area contributed by atoms with Gasteiger partial charge in [0.15, 0.2) is 4.67 Å². The van der Waals surface area contributed by atoms with E-state index in [1.54, 1.807) is 6.26 Å². The Bertz CT molecular complexity index is 298. The van der Waals surface area contributed by atoms with Crippen molar-refractivity contribution in [2.75, 3.05) is 0 Å². The van der Waals surface area contributed by atoms with Crippen LogP contribution < -0.4 is 5.73 Å². The molecule has 1 heterocycles. The highest BCUT2D eigenvalue weighted by Crippen LogP contribution is 2.29. The summed E-state index contributed by atoms with van der Waals surface area (Å²) >= 11 is 3.38. The minimum atomic E-state index is 0.0925. The monoisotopic (exact) mass is 287 g/mol. The Balaban J connectivity index is 2.48. The number of furan rings is 1. The molecular formula is C13H22BrNO. The van der Waals surface area contributed by atoms with Crippen LogP contribution in [0.4, 0.5) is 0 Å². The fourth-order valence-electron chi connectivity index (χ4n) is 2.04. The minimum Gasteiger partial charge on any atom is -0.457 e. The summed E-state index contributed by atoms with van der Waals surface area (Å²) in [6.45, 7) is 4.48. The van der Waals surface area contributed by atoms with Crippen molar-refractivity contribution in [3.8, 4) is 0 Å². The van der Waals surface area contributed by atoms with Gasteiger partial charge in [-0.1, -0.05) is 39.5 Å². The largest absolute Gasteiger partial charge is 0.457 e. The second-order valence-electron chi connectivity index (χ2n) is 4.41. The molecular weight excluding hydrogens is 266 g/mol. The van der Waals surface area contributed by atoms with Crippen LogP contribution in [0.2, 0.25) is 0 Å². The zero-order valence-electron chi connectivity index (χ0n) is 10.2. The Kier molecular flexibility index (Phi) is 6.14. The fraction of sp³-hybridized carbons (Fsp3) is 0.692. The highest BCUT2D eigenvalue weighted by Gasteiger charge is 2.16. The van der Waals surface area contributed by atoms with Crippen LogP contribution in [0, 0.1) is 5.92 Å². The van der Waals surface area contributed by atoms with E-state index in [9.17, 15) is 0 Å². The van der Waals surface area contributed by atoms with E-state index in [0.29, 0.717) is 0 Å². The Morgan fingerprint density at radius 3 is 2.69 bits per heavy atom. The molecule has 2 N–H and O–H groups in total. The van der Waals surface area contributed by atoms with Crippen LogP contribution in [0.15, 0.2) is 21.4 Å². The summed E-state index contributed by atoms with van der Waals surface area (Å²) in [5.41, 5.74) is 7.29. The molecule has 0 aliphatic rings. The van der Waals surface area contributed by atoms with Gasteiger partial charge < -0.3 is 10.2 Å². The van der Waals surface area contributed by atoms with Gasteiger partial charge in [-0.25, -0.2) is 0 Å². The summed E-state index contributed by atoms with van der Waals surface area (Å²) in [4.78, 5) is 0. The molecule has 2 atom stereocenters. The minimum absolute atomic E-state index is 0.0925. The highest BCUT2D eigenvalue weighted by atomic mass is 79.9. The fourth-order valence-corrected chi connectivity index (χ4v) is 2.57. The molecule has 1 aromatic rings. The molecule has 92 valence electrons. The number of halogens is 1. The van der Waals surface area contributed by atoms with Crippen molar-refractivity contribution >= 4 is 15.9 Å². The van der Waals surface area contributed by atoms with Gasteiger partial charge in [-0.3, -0.25) is 0 Å². The predicted molar refractivity (Wildman–Crippen MR) is 71.3 cm³/mol. The van der Waals surface area contributed by atoms with Crippen molar-refractivity contribution in [2.45, 2.75) is 52.0 Å². The predicted octanol–water partition coefficient (Wildman–Crippen LogP) is 4.65. The number of rotatable bonds is 7. The van der Waals surface area contributed by atoms with Crippen molar-refractivity contribution in [3.05, 3.63) is 22.6 Å². The van der Waals surface area contributed by atoms with Gasteiger partial charge >= 0.3 is 0 Å². The molecule has 16 heavy (non-hydrogen) atoms. The molecule has 0 bridgehead atoms. The standard InChI is InChI=1S/C13H22BrNO/c1-3-5-6-10(4-2)9-12(15)11-7-8-16-13(11)14/h7-8,10,12H,3-6,9,15H2,1-2H3. The van der Waals surface area contributed by atoms with Gasteiger partial charge in [-0.15, -0.1) is 0 Å². The second kappa shape index (κ2) is 7.13. The average Bonchev–Trinajstić information content (AvgIpc) is 2.70. The number of nitrogens with two attached hydrogens (primary N) is 1. The maximum Gasteiger partial charge on any atom is 0.173 e. The maximum absolute atomic E-state index is 6.20. The van der Waals surface area contributed by atoms with Crippen LogP contribution in [-0.2, 0) is 0 Å². The molecule has 0 fully saturated rings. The molecule has 0 amide bonds. The van der Waals surface area contributed by atoms with Crippen LogP contribution in [0.3, 0.4) is 0 Å². The van der Waals surface area contributed by atoms with Crippen molar-refractivity contribution < 1.29 is 4.42 Å². The van der Waals surface area contributed by atoms with Crippen LogP contribution in [-0.4, -0.2) is 0 Å². The van der Waals surface area contributed by atoms with Crippen LogP contribution in [0.5, 0.6) is 0 Å². The maximum atomic E-state index is 6.20. The van der Waals surface area contributed by atoms with Crippen molar-refractivity contribution in [1.29, 1.82) is 0 Å². The van der Waals surface area contributed by atoms with E-state index in [4.69, 9.17) is 10.2 Å².